The molecule has 0 aliphatic carbocycles. The SMILES string of the molecule is Cc1c([C@H](OC(C)(C)C)C(=O)O)c(-c2ccc(Cl)cc2)c2cc(C)n3c2c1N(C)C(C)C3. The minimum Gasteiger partial charge on any atom is -0.479 e. The zero-order valence-electron chi connectivity index (χ0n) is 19.8. The summed E-state index contributed by atoms with van der Waals surface area (Å²) < 4.78 is 8.52. The quantitative estimate of drug-likeness (QED) is 0.498. The Balaban J connectivity index is 2.17. The molecule has 1 N–H and O–H groups in total. The van der Waals surface area contributed by atoms with Crippen molar-refractivity contribution in [3.05, 3.63) is 52.2 Å². The van der Waals surface area contributed by atoms with Crippen LogP contribution in [0.4, 0.5) is 5.69 Å². The monoisotopic (exact) mass is 454 g/mol. The molecule has 0 amide bonds. The molecule has 0 spiro atoms. The van der Waals surface area contributed by atoms with E-state index >= 15 is 0 Å². The van der Waals surface area contributed by atoms with Crippen LogP contribution in [-0.2, 0) is 16.1 Å². The van der Waals surface area contributed by atoms with Crippen molar-refractivity contribution in [1.29, 1.82) is 0 Å². The van der Waals surface area contributed by atoms with E-state index in [2.05, 4.69) is 36.4 Å². The second-order valence-corrected chi connectivity index (χ2v) is 10.3. The lowest BCUT2D eigenvalue weighted by Crippen LogP contribution is -2.38. The van der Waals surface area contributed by atoms with Gasteiger partial charge >= 0.3 is 5.97 Å². The first-order valence-corrected chi connectivity index (χ1v) is 11.3. The largest absolute Gasteiger partial charge is 0.479 e. The van der Waals surface area contributed by atoms with Gasteiger partial charge in [-0.2, -0.15) is 0 Å². The second-order valence-electron chi connectivity index (χ2n) is 9.84. The van der Waals surface area contributed by atoms with Crippen molar-refractivity contribution < 1.29 is 14.6 Å². The van der Waals surface area contributed by atoms with Crippen molar-refractivity contribution in [2.24, 2.45) is 0 Å². The molecule has 2 heterocycles. The van der Waals surface area contributed by atoms with Gasteiger partial charge < -0.3 is 19.3 Å². The Labute approximate surface area is 194 Å². The Morgan fingerprint density at radius 2 is 1.84 bits per heavy atom. The molecule has 0 radical (unpaired) electrons. The molecule has 1 aliphatic heterocycles. The Bertz CT molecular complexity index is 1210. The first-order chi connectivity index (χ1) is 14.9. The molecule has 1 aliphatic rings. The third-order valence-corrected chi connectivity index (χ3v) is 6.63. The molecule has 3 aromatic rings. The van der Waals surface area contributed by atoms with Gasteiger partial charge in [-0.15, -0.1) is 0 Å². The zero-order valence-corrected chi connectivity index (χ0v) is 20.5. The van der Waals surface area contributed by atoms with Crippen LogP contribution >= 0.6 is 11.6 Å². The molecule has 2 atom stereocenters. The van der Waals surface area contributed by atoms with E-state index in [4.69, 9.17) is 16.3 Å². The molecule has 5 nitrogen and oxygen atoms in total. The maximum absolute atomic E-state index is 12.6. The molecule has 2 aromatic carbocycles. The number of aryl methyl sites for hydroxylation is 1. The average Bonchev–Trinajstić information content (AvgIpc) is 3.01. The van der Waals surface area contributed by atoms with Crippen LogP contribution in [0.25, 0.3) is 22.0 Å². The highest BCUT2D eigenvalue weighted by Crippen LogP contribution is 2.48. The first-order valence-electron chi connectivity index (χ1n) is 11.0. The van der Waals surface area contributed by atoms with E-state index in [1.165, 1.54) is 0 Å². The summed E-state index contributed by atoms with van der Waals surface area (Å²) in [6.07, 6.45) is -1.10. The van der Waals surface area contributed by atoms with E-state index < -0.39 is 17.7 Å². The topological polar surface area (TPSA) is 54.7 Å². The number of carboxylic acid groups (broad SMARTS) is 1. The van der Waals surface area contributed by atoms with Crippen LogP contribution in [0.2, 0.25) is 5.02 Å². The van der Waals surface area contributed by atoms with Crippen LogP contribution in [0, 0.1) is 13.8 Å². The number of aliphatic carboxylic acids is 1. The number of carboxylic acids is 1. The molecular weight excluding hydrogens is 424 g/mol. The molecule has 1 aromatic heterocycles. The van der Waals surface area contributed by atoms with E-state index in [1.54, 1.807) is 0 Å². The molecule has 0 fully saturated rings. The number of ether oxygens (including phenoxy) is 1. The van der Waals surface area contributed by atoms with Gasteiger partial charge in [-0.05, 0) is 76.4 Å². The van der Waals surface area contributed by atoms with Gasteiger partial charge in [0.2, 0.25) is 0 Å². The molecule has 6 heteroatoms. The van der Waals surface area contributed by atoms with E-state index in [0.717, 1.165) is 45.5 Å². The normalized spacial score (nSPS) is 17.1. The number of carbonyl (C=O) groups is 1. The minimum absolute atomic E-state index is 0.288. The number of rotatable bonds is 4. The number of anilines is 1. The molecule has 32 heavy (non-hydrogen) atoms. The first kappa shape index (κ1) is 22.7. The van der Waals surface area contributed by atoms with E-state index in [0.29, 0.717) is 10.6 Å². The number of benzene rings is 2. The van der Waals surface area contributed by atoms with Crippen LogP contribution in [-0.4, -0.2) is 34.3 Å². The Kier molecular flexibility index (Phi) is 5.54. The van der Waals surface area contributed by atoms with Gasteiger partial charge in [-0.25, -0.2) is 4.79 Å². The zero-order chi connectivity index (χ0) is 23.5. The standard InChI is InChI=1S/C26H31ClN2O3/c1-14-12-19-21(17-8-10-18(27)11-9-17)20(24(25(30)31)32-26(4,5)6)16(3)22-23(19)29(14)13-15(2)28(22)7/h8-12,15,24H,13H2,1-7H3,(H,30,31)/t15?,24-/m0/s1. The van der Waals surface area contributed by atoms with Crippen LogP contribution in [0.3, 0.4) is 0 Å². The lowest BCUT2D eigenvalue weighted by atomic mass is 9.87. The number of halogens is 1. The summed E-state index contributed by atoms with van der Waals surface area (Å²) in [6.45, 7) is 12.9. The second kappa shape index (κ2) is 7.82. The highest BCUT2D eigenvalue weighted by Gasteiger charge is 2.36. The molecule has 0 saturated heterocycles. The Morgan fingerprint density at radius 1 is 1.22 bits per heavy atom. The summed E-state index contributed by atoms with van der Waals surface area (Å²) in [6, 6.07) is 10.1. The summed E-state index contributed by atoms with van der Waals surface area (Å²) in [5, 5.41) is 12.0. The van der Waals surface area contributed by atoms with Crippen LogP contribution in [0.1, 0.15) is 50.6 Å². The number of nitrogens with zero attached hydrogens (tertiary/aromatic N) is 2. The fourth-order valence-corrected chi connectivity index (χ4v) is 5.00. The lowest BCUT2D eigenvalue weighted by molar-refractivity contribution is -0.160. The Morgan fingerprint density at radius 3 is 2.41 bits per heavy atom. The maximum atomic E-state index is 12.6. The fraction of sp³-hybridized carbons (Fsp3) is 0.423. The highest BCUT2D eigenvalue weighted by atomic mass is 35.5. The summed E-state index contributed by atoms with van der Waals surface area (Å²) in [5.41, 5.74) is 6.23. The van der Waals surface area contributed by atoms with Crippen molar-refractivity contribution in [2.45, 2.75) is 65.8 Å². The van der Waals surface area contributed by atoms with Crippen molar-refractivity contribution in [3.8, 4) is 11.1 Å². The molecule has 1 unspecified atom stereocenters. The lowest BCUT2D eigenvalue weighted by Gasteiger charge is -2.37. The van der Waals surface area contributed by atoms with Gasteiger partial charge in [0, 0.05) is 41.3 Å². The van der Waals surface area contributed by atoms with Gasteiger partial charge in [-0.3, -0.25) is 0 Å². The molecular formula is C26H31ClN2O3. The van der Waals surface area contributed by atoms with Crippen molar-refractivity contribution in [2.75, 3.05) is 11.9 Å². The minimum atomic E-state index is -1.10. The van der Waals surface area contributed by atoms with Gasteiger partial charge in [0.15, 0.2) is 6.10 Å². The summed E-state index contributed by atoms with van der Waals surface area (Å²) in [7, 11) is 2.09. The van der Waals surface area contributed by atoms with Gasteiger partial charge in [-0.1, -0.05) is 23.7 Å². The van der Waals surface area contributed by atoms with Crippen molar-refractivity contribution >= 4 is 34.2 Å². The molecule has 4 rings (SSSR count). The van der Waals surface area contributed by atoms with Gasteiger partial charge in [0.25, 0.3) is 0 Å². The molecule has 170 valence electrons. The van der Waals surface area contributed by atoms with E-state index in [-0.39, 0.29) is 6.04 Å². The number of aromatic nitrogens is 1. The summed E-state index contributed by atoms with van der Waals surface area (Å²) in [4.78, 5) is 14.8. The maximum Gasteiger partial charge on any atom is 0.337 e. The predicted octanol–water partition coefficient (Wildman–Crippen LogP) is 6.36. The van der Waals surface area contributed by atoms with Crippen LogP contribution in [0.5, 0.6) is 0 Å². The average molecular weight is 455 g/mol. The van der Waals surface area contributed by atoms with Crippen molar-refractivity contribution in [1.82, 2.24) is 4.57 Å². The fourth-order valence-electron chi connectivity index (χ4n) is 4.88. The Hall–Kier alpha value is -2.50. The van der Waals surface area contributed by atoms with Crippen molar-refractivity contribution in [3.63, 3.8) is 0 Å². The van der Waals surface area contributed by atoms with E-state index in [9.17, 15) is 9.90 Å². The van der Waals surface area contributed by atoms with Crippen LogP contribution < -0.4 is 4.90 Å². The van der Waals surface area contributed by atoms with Gasteiger partial charge in [0.1, 0.15) is 0 Å². The predicted molar refractivity (Wildman–Crippen MR) is 131 cm³/mol. The number of likely N-dealkylation sites (N-methyl/N-ethyl adjacent to an activating group) is 1. The smallest absolute Gasteiger partial charge is 0.337 e. The third-order valence-electron chi connectivity index (χ3n) is 6.38. The highest BCUT2D eigenvalue weighted by molar-refractivity contribution is 6.30. The number of hydrogen-bond donors (Lipinski definition) is 1. The van der Waals surface area contributed by atoms with E-state index in [1.807, 2.05) is 52.0 Å². The summed E-state index contributed by atoms with van der Waals surface area (Å²) in [5.74, 6) is -0.993. The number of hydrogen-bond acceptors (Lipinski definition) is 3. The summed E-state index contributed by atoms with van der Waals surface area (Å²) >= 11 is 6.18. The molecule has 0 bridgehead atoms. The van der Waals surface area contributed by atoms with Gasteiger partial charge in [0.05, 0.1) is 16.8 Å². The third kappa shape index (κ3) is 3.67. The van der Waals surface area contributed by atoms with Crippen LogP contribution in [0.15, 0.2) is 30.3 Å². The molecule has 0 saturated carbocycles.